The molecule has 0 aliphatic heterocycles. The van der Waals surface area contributed by atoms with Gasteiger partial charge in [-0.2, -0.15) is 11.1 Å². The Labute approximate surface area is 138 Å². The van der Waals surface area contributed by atoms with E-state index in [1.165, 1.54) is 16.7 Å². The van der Waals surface area contributed by atoms with Gasteiger partial charge in [0.05, 0.1) is 0 Å². The van der Waals surface area contributed by atoms with Gasteiger partial charge in [-0.15, -0.1) is 6.92 Å². The zero-order valence-electron chi connectivity index (χ0n) is 9.13. The van der Waals surface area contributed by atoms with Crippen molar-refractivity contribution in [2.24, 2.45) is 5.41 Å². The Morgan fingerprint density at radius 2 is 1.29 bits per heavy atom. The first-order valence-corrected chi connectivity index (χ1v) is 3.75. The summed E-state index contributed by atoms with van der Waals surface area (Å²) in [6.45, 7) is 10.9. The van der Waals surface area contributed by atoms with Gasteiger partial charge < -0.3 is 50.9 Å². The van der Waals surface area contributed by atoms with E-state index in [1.54, 1.807) is 0 Å². The minimum atomic E-state index is 0. The van der Waals surface area contributed by atoms with Crippen molar-refractivity contribution in [2.75, 3.05) is 0 Å². The second-order valence-corrected chi connectivity index (χ2v) is 3.62. The molecule has 4 heteroatoms. The molecule has 0 spiro atoms. The van der Waals surface area contributed by atoms with Crippen molar-refractivity contribution in [1.82, 2.24) is 0 Å². The Balaban J connectivity index is -0.000000125. The third-order valence-corrected chi connectivity index (χ3v) is 2.56. The monoisotopic (exact) mass is 462 g/mol. The van der Waals surface area contributed by atoms with Crippen LogP contribution in [0.4, 0.5) is 0 Å². The molecule has 1 aliphatic carbocycles. The van der Waals surface area contributed by atoms with Crippen molar-refractivity contribution in [2.45, 2.75) is 34.6 Å². The fourth-order valence-electron chi connectivity index (χ4n) is 1.41. The van der Waals surface area contributed by atoms with Gasteiger partial charge in [0, 0.05) is 0 Å². The average Bonchev–Trinajstić information content (AvgIpc) is 1.95. The van der Waals surface area contributed by atoms with Crippen molar-refractivity contribution in [1.29, 1.82) is 0 Å². The van der Waals surface area contributed by atoms with Gasteiger partial charge in [-0.25, -0.2) is 5.57 Å². The van der Waals surface area contributed by atoms with Gasteiger partial charge in [0.2, 0.25) is 0 Å². The van der Waals surface area contributed by atoms with E-state index in [1.807, 2.05) is 0 Å². The molecule has 0 aromatic heterocycles. The second-order valence-electron chi connectivity index (χ2n) is 3.62. The smallest absolute Gasteiger partial charge is 1.00 e. The summed E-state index contributed by atoms with van der Waals surface area (Å²) in [5.41, 5.74) is 4.39. The number of hydrogen-bond donors (Lipinski definition) is 0. The first-order valence-electron chi connectivity index (χ1n) is 3.75. The summed E-state index contributed by atoms with van der Waals surface area (Å²) in [5, 5.41) is 0. The van der Waals surface area contributed by atoms with Crippen LogP contribution in [-0.2, 0) is 26.2 Å². The van der Waals surface area contributed by atoms with E-state index in [2.05, 4.69) is 40.7 Å². The summed E-state index contributed by atoms with van der Waals surface area (Å²) in [4.78, 5) is 0. The van der Waals surface area contributed by atoms with Crippen LogP contribution in [0.25, 0.3) is 0 Å². The van der Waals surface area contributed by atoms with Gasteiger partial charge >= 0.3 is 26.2 Å². The molecule has 0 heterocycles. The molecule has 1 rings (SSSR count). The normalized spacial score (nSPS) is 16.8. The van der Waals surface area contributed by atoms with E-state index >= 15 is 0 Å². The molecule has 0 aromatic carbocycles. The van der Waals surface area contributed by atoms with Crippen LogP contribution in [0.5, 0.6) is 0 Å². The molecule has 0 N–H and O–H groups in total. The maximum Gasteiger partial charge on any atom is 4.00 e. The molecule has 0 saturated carbocycles. The van der Waals surface area contributed by atoms with E-state index < -0.39 is 0 Å². The van der Waals surface area contributed by atoms with Crippen LogP contribution in [-0.4, -0.2) is 0 Å². The maximum absolute atomic E-state index is 3.44. The van der Waals surface area contributed by atoms with E-state index in [0.29, 0.717) is 0 Å². The van der Waals surface area contributed by atoms with Crippen LogP contribution in [0.2, 0.25) is 0 Å². The van der Waals surface area contributed by atoms with Crippen LogP contribution in [0.15, 0.2) is 16.7 Å². The third-order valence-electron chi connectivity index (χ3n) is 2.56. The summed E-state index contributed by atoms with van der Waals surface area (Å²) >= 11 is 0. The number of allylic oxidation sites excluding steroid dienone is 4. The van der Waals surface area contributed by atoms with Gasteiger partial charge in [0.1, 0.15) is 0 Å². The molecule has 14 heavy (non-hydrogen) atoms. The standard InChI is InChI=1S/C10H15.3BrH.Zr/c1-7-6-10(4,5)9(3)8(7)2;;;;/h1-5H3;3*1H;/q-1;;;;+4/p-3. The molecule has 0 amide bonds. The Morgan fingerprint density at radius 1 is 0.929 bits per heavy atom. The fourth-order valence-corrected chi connectivity index (χ4v) is 1.41. The first-order chi connectivity index (χ1) is 4.45. The largest absolute Gasteiger partial charge is 4.00 e. The van der Waals surface area contributed by atoms with Gasteiger partial charge in [-0.3, -0.25) is 6.08 Å². The second kappa shape index (κ2) is 8.90. The summed E-state index contributed by atoms with van der Waals surface area (Å²) in [6.07, 6.45) is 3.44. The summed E-state index contributed by atoms with van der Waals surface area (Å²) in [7, 11) is 0. The predicted molar refractivity (Wildman–Crippen MR) is 44.6 cm³/mol. The van der Waals surface area contributed by atoms with Crippen LogP contribution >= 0.6 is 0 Å². The Bertz CT molecular complexity index is 230. The van der Waals surface area contributed by atoms with Crippen LogP contribution < -0.4 is 50.9 Å². The minimum absolute atomic E-state index is 0. The molecular formula is C10H15Br3Zr. The van der Waals surface area contributed by atoms with Crippen molar-refractivity contribution >= 4 is 0 Å². The molecule has 0 unspecified atom stereocenters. The Hall–Kier alpha value is 1.80. The third kappa shape index (κ3) is 5.23. The fraction of sp³-hybridized carbons (Fsp3) is 0.600. The van der Waals surface area contributed by atoms with E-state index in [0.717, 1.165) is 0 Å². The number of hydrogen-bond acceptors (Lipinski definition) is 0. The maximum atomic E-state index is 3.44. The molecule has 0 atom stereocenters. The quantitative estimate of drug-likeness (QED) is 0.313. The van der Waals surface area contributed by atoms with Gasteiger partial charge in [0.25, 0.3) is 0 Å². The molecule has 0 aromatic rings. The van der Waals surface area contributed by atoms with Gasteiger partial charge in [-0.05, 0) is 0 Å². The topological polar surface area (TPSA) is 0 Å². The molecule has 80 valence electrons. The van der Waals surface area contributed by atoms with Crippen LogP contribution in [0.3, 0.4) is 0 Å². The number of halogens is 3. The van der Waals surface area contributed by atoms with Crippen molar-refractivity contribution < 1.29 is 77.1 Å². The molecule has 0 radical (unpaired) electrons. The Morgan fingerprint density at radius 3 is 1.36 bits per heavy atom. The molecule has 0 saturated heterocycles. The first kappa shape index (κ1) is 24.9. The van der Waals surface area contributed by atoms with E-state index in [9.17, 15) is 0 Å². The van der Waals surface area contributed by atoms with Gasteiger partial charge in [0.15, 0.2) is 0 Å². The molecule has 1 aliphatic rings. The average molecular weight is 466 g/mol. The zero-order chi connectivity index (χ0) is 7.94. The summed E-state index contributed by atoms with van der Waals surface area (Å²) < 4.78 is 0. The van der Waals surface area contributed by atoms with Gasteiger partial charge in [-0.1, -0.05) is 33.1 Å². The summed E-state index contributed by atoms with van der Waals surface area (Å²) in [6, 6.07) is 0. The zero-order valence-corrected chi connectivity index (χ0v) is 16.3. The number of rotatable bonds is 0. The van der Waals surface area contributed by atoms with Crippen molar-refractivity contribution in [3.8, 4) is 0 Å². The van der Waals surface area contributed by atoms with Crippen molar-refractivity contribution in [3.63, 3.8) is 0 Å². The predicted octanol–water partition coefficient (Wildman–Crippen LogP) is -5.88. The minimum Gasteiger partial charge on any atom is -1.00 e. The molecular weight excluding hydrogens is 451 g/mol. The molecule has 0 bridgehead atoms. The van der Waals surface area contributed by atoms with E-state index in [4.69, 9.17) is 0 Å². The summed E-state index contributed by atoms with van der Waals surface area (Å²) in [5.74, 6) is 0. The van der Waals surface area contributed by atoms with Crippen LogP contribution in [0, 0.1) is 11.5 Å². The van der Waals surface area contributed by atoms with E-state index in [-0.39, 0.29) is 82.6 Å². The molecule has 0 fully saturated rings. The molecule has 0 nitrogen and oxygen atoms in total. The van der Waals surface area contributed by atoms with Crippen molar-refractivity contribution in [3.05, 3.63) is 22.8 Å². The van der Waals surface area contributed by atoms with Crippen LogP contribution in [0.1, 0.15) is 34.6 Å². The SMILES string of the molecule is CC1=[C-]C(C)(C)C(C)=C1C.[Br-].[Br-].[Br-].[Zr+4]. The Kier molecular flexibility index (Phi) is 15.8.